The topological polar surface area (TPSA) is 38.0 Å². The first-order valence-electron chi connectivity index (χ1n) is 3.42. The Kier molecular flexibility index (Phi) is 3.05. The smallest absolute Gasteiger partial charge is 0.168 e. The summed E-state index contributed by atoms with van der Waals surface area (Å²) < 4.78 is 1.01. The number of hydrogen-bond donors (Lipinski definition) is 2. The van der Waals surface area contributed by atoms with Crippen molar-refractivity contribution in [2.24, 2.45) is 5.73 Å². The minimum atomic E-state index is 0.288. The second kappa shape index (κ2) is 3.87. The number of hydrogen-bond acceptors (Lipinski definition) is 1. The molecule has 0 bridgehead atoms. The highest BCUT2D eigenvalue weighted by molar-refractivity contribution is 9.10. The van der Waals surface area contributed by atoms with Gasteiger partial charge in [-0.25, -0.2) is 0 Å². The molecule has 0 saturated carbocycles. The summed E-state index contributed by atoms with van der Waals surface area (Å²) in [6.45, 7) is 1.99. The molecule has 0 saturated heterocycles. The van der Waals surface area contributed by atoms with Gasteiger partial charge in [-0.05, 0) is 36.8 Å². The summed E-state index contributed by atoms with van der Waals surface area (Å²) in [7, 11) is 0. The molecule has 0 heterocycles. The molecule has 0 aromatic heterocycles. The van der Waals surface area contributed by atoms with Crippen LogP contribution in [0.25, 0.3) is 0 Å². The molecule has 0 unspecified atom stereocenters. The summed E-state index contributed by atoms with van der Waals surface area (Å²) in [4.78, 5) is 0. The van der Waals surface area contributed by atoms with E-state index in [9.17, 15) is 0 Å². The molecule has 0 fully saturated rings. The molecule has 1 aromatic carbocycles. The van der Waals surface area contributed by atoms with Crippen molar-refractivity contribution in [2.45, 2.75) is 6.92 Å². The summed E-state index contributed by atoms with van der Waals surface area (Å²) in [5.74, 6) is 0. The van der Waals surface area contributed by atoms with Gasteiger partial charge in [-0.2, -0.15) is 0 Å². The number of rotatable bonds is 1. The second-order valence-corrected chi connectivity index (χ2v) is 3.80. The van der Waals surface area contributed by atoms with Crippen molar-refractivity contribution in [1.82, 2.24) is 0 Å². The molecule has 0 spiro atoms. The lowest BCUT2D eigenvalue weighted by Gasteiger charge is -2.07. The first kappa shape index (κ1) is 9.48. The van der Waals surface area contributed by atoms with Gasteiger partial charge in [0.2, 0.25) is 0 Å². The monoisotopic (exact) mass is 244 g/mol. The van der Waals surface area contributed by atoms with Crippen molar-refractivity contribution in [1.29, 1.82) is 0 Å². The molecule has 2 nitrogen and oxygen atoms in total. The number of aryl methyl sites for hydroxylation is 1. The highest BCUT2D eigenvalue weighted by Gasteiger charge is 1.98. The third-order valence-corrected chi connectivity index (χ3v) is 2.05. The van der Waals surface area contributed by atoms with Gasteiger partial charge < -0.3 is 11.1 Å². The van der Waals surface area contributed by atoms with Crippen LogP contribution >= 0.6 is 28.1 Å². The highest BCUT2D eigenvalue weighted by Crippen LogP contribution is 2.20. The van der Waals surface area contributed by atoms with Gasteiger partial charge in [-0.3, -0.25) is 0 Å². The maximum atomic E-state index is 5.35. The Morgan fingerprint density at radius 2 is 2.25 bits per heavy atom. The number of anilines is 1. The standard InChI is InChI=1S/C8H9BrN2S/c1-5-2-3-6(9)4-7(5)11-8(10)12/h2-4H,1H3,(H3,10,11,12). The maximum absolute atomic E-state index is 5.35. The zero-order valence-corrected chi connectivity index (χ0v) is 9.00. The van der Waals surface area contributed by atoms with E-state index in [1.807, 2.05) is 25.1 Å². The van der Waals surface area contributed by atoms with E-state index < -0.39 is 0 Å². The van der Waals surface area contributed by atoms with E-state index in [-0.39, 0.29) is 5.11 Å². The highest BCUT2D eigenvalue weighted by atomic mass is 79.9. The fourth-order valence-corrected chi connectivity index (χ4v) is 1.33. The normalized spacial score (nSPS) is 9.50. The molecule has 12 heavy (non-hydrogen) atoms. The average molecular weight is 245 g/mol. The minimum Gasteiger partial charge on any atom is -0.376 e. The van der Waals surface area contributed by atoms with E-state index in [1.165, 1.54) is 0 Å². The summed E-state index contributed by atoms with van der Waals surface area (Å²) in [6, 6.07) is 5.90. The van der Waals surface area contributed by atoms with Crippen LogP contribution in [0, 0.1) is 6.92 Å². The van der Waals surface area contributed by atoms with Gasteiger partial charge >= 0.3 is 0 Å². The number of benzene rings is 1. The fraction of sp³-hybridized carbons (Fsp3) is 0.125. The van der Waals surface area contributed by atoms with Crippen LogP contribution in [0.15, 0.2) is 22.7 Å². The molecular weight excluding hydrogens is 236 g/mol. The van der Waals surface area contributed by atoms with Gasteiger partial charge in [0.05, 0.1) is 0 Å². The van der Waals surface area contributed by atoms with E-state index in [1.54, 1.807) is 0 Å². The van der Waals surface area contributed by atoms with Crippen LogP contribution in [0.5, 0.6) is 0 Å². The molecular formula is C8H9BrN2S. The van der Waals surface area contributed by atoms with E-state index in [0.29, 0.717) is 0 Å². The van der Waals surface area contributed by atoms with Crippen molar-refractivity contribution in [2.75, 3.05) is 5.32 Å². The Bertz CT molecular complexity index is 312. The average Bonchev–Trinajstić information content (AvgIpc) is 1.96. The van der Waals surface area contributed by atoms with Crippen molar-refractivity contribution in [3.63, 3.8) is 0 Å². The third-order valence-electron chi connectivity index (χ3n) is 1.46. The summed E-state index contributed by atoms with van der Waals surface area (Å²) in [5.41, 5.74) is 7.41. The molecule has 0 radical (unpaired) electrons. The number of halogens is 1. The summed E-state index contributed by atoms with van der Waals surface area (Å²) in [6.07, 6.45) is 0. The van der Waals surface area contributed by atoms with Crippen LogP contribution in [0.3, 0.4) is 0 Å². The molecule has 0 aliphatic carbocycles. The van der Waals surface area contributed by atoms with Gasteiger partial charge in [-0.15, -0.1) is 0 Å². The molecule has 3 N–H and O–H groups in total. The van der Waals surface area contributed by atoms with Crippen LogP contribution in [0.4, 0.5) is 5.69 Å². The van der Waals surface area contributed by atoms with Crippen LogP contribution in [-0.4, -0.2) is 5.11 Å². The Morgan fingerprint density at radius 3 is 2.83 bits per heavy atom. The van der Waals surface area contributed by atoms with E-state index >= 15 is 0 Å². The third kappa shape index (κ3) is 2.46. The number of nitrogens with one attached hydrogen (secondary N) is 1. The van der Waals surface area contributed by atoms with E-state index in [4.69, 9.17) is 18.0 Å². The molecule has 0 atom stereocenters. The van der Waals surface area contributed by atoms with E-state index in [0.717, 1.165) is 15.7 Å². The number of nitrogens with two attached hydrogens (primary N) is 1. The fourth-order valence-electron chi connectivity index (χ4n) is 0.862. The Morgan fingerprint density at radius 1 is 1.58 bits per heavy atom. The van der Waals surface area contributed by atoms with Crippen molar-refractivity contribution < 1.29 is 0 Å². The van der Waals surface area contributed by atoms with E-state index in [2.05, 4.69) is 21.2 Å². The molecule has 1 aromatic rings. The Balaban J connectivity index is 2.97. The molecule has 1 rings (SSSR count). The SMILES string of the molecule is Cc1ccc(Br)cc1NC(N)=S. The minimum absolute atomic E-state index is 0.288. The van der Waals surface area contributed by atoms with Gasteiger partial charge in [0.25, 0.3) is 0 Å². The Labute approximate surface area is 85.3 Å². The molecule has 64 valence electrons. The van der Waals surface area contributed by atoms with Gasteiger partial charge in [0.15, 0.2) is 5.11 Å². The zero-order chi connectivity index (χ0) is 9.14. The first-order chi connectivity index (χ1) is 5.59. The number of thiocarbonyl (C=S) groups is 1. The zero-order valence-electron chi connectivity index (χ0n) is 6.60. The van der Waals surface area contributed by atoms with Crippen LogP contribution in [0.2, 0.25) is 0 Å². The maximum Gasteiger partial charge on any atom is 0.168 e. The van der Waals surface area contributed by atoms with Crippen LogP contribution < -0.4 is 11.1 Å². The van der Waals surface area contributed by atoms with Crippen molar-refractivity contribution in [3.8, 4) is 0 Å². The van der Waals surface area contributed by atoms with Crippen LogP contribution in [-0.2, 0) is 0 Å². The quantitative estimate of drug-likeness (QED) is 0.746. The van der Waals surface area contributed by atoms with Crippen molar-refractivity contribution >= 4 is 38.9 Å². The summed E-state index contributed by atoms with van der Waals surface area (Å²) in [5, 5.41) is 3.18. The lowest BCUT2D eigenvalue weighted by molar-refractivity contribution is 1.44. The predicted octanol–water partition coefficient (Wildman–Crippen LogP) is 2.41. The predicted molar refractivity (Wildman–Crippen MR) is 59.3 cm³/mol. The molecule has 0 aliphatic rings. The van der Waals surface area contributed by atoms with Gasteiger partial charge in [-0.1, -0.05) is 22.0 Å². The van der Waals surface area contributed by atoms with Gasteiger partial charge in [0, 0.05) is 10.2 Å². The van der Waals surface area contributed by atoms with Crippen molar-refractivity contribution in [3.05, 3.63) is 28.2 Å². The Hall–Kier alpha value is -0.610. The largest absolute Gasteiger partial charge is 0.376 e. The molecule has 4 heteroatoms. The molecule has 0 amide bonds. The summed E-state index contributed by atoms with van der Waals surface area (Å²) >= 11 is 8.09. The van der Waals surface area contributed by atoms with Gasteiger partial charge in [0.1, 0.15) is 0 Å². The first-order valence-corrected chi connectivity index (χ1v) is 4.62. The second-order valence-electron chi connectivity index (χ2n) is 2.45. The lowest BCUT2D eigenvalue weighted by atomic mass is 10.2. The lowest BCUT2D eigenvalue weighted by Crippen LogP contribution is -2.19. The molecule has 0 aliphatic heterocycles. The van der Waals surface area contributed by atoms with Crippen LogP contribution in [0.1, 0.15) is 5.56 Å².